The van der Waals surface area contributed by atoms with Crippen molar-refractivity contribution in [2.24, 2.45) is 11.5 Å². The van der Waals surface area contributed by atoms with Crippen molar-refractivity contribution in [1.29, 1.82) is 0 Å². The number of nitrogens with two attached hydrogens (primary N) is 2. The summed E-state index contributed by atoms with van der Waals surface area (Å²) in [5.74, 6) is 0.176. The molecule has 0 unspecified atom stereocenters. The Labute approximate surface area is 181 Å². The van der Waals surface area contributed by atoms with Crippen LogP contribution in [0.15, 0.2) is 53.4 Å². The Morgan fingerprint density at radius 3 is 2.74 bits per heavy atom. The van der Waals surface area contributed by atoms with E-state index in [-0.39, 0.29) is 5.75 Å². The lowest BCUT2D eigenvalue weighted by Crippen LogP contribution is -2.26. The fourth-order valence-electron chi connectivity index (χ4n) is 3.76. The standard InChI is InChI=1S/C22H25N5O3S/c23-8-3-9-25-19-13-21(26-18-7-6-15(22(24)28)12-17(18)19)27-10-11-31(29,30)20-5-2-1-4-16(20)14-27/h1-2,4-7,12-13H,3,8-11,14,23H2,(H2,24,28)(H,25,26). The second-order valence-electron chi connectivity index (χ2n) is 7.54. The van der Waals surface area contributed by atoms with Crippen molar-refractivity contribution in [1.82, 2.24) is 4.98 Å². The van der Waals surface area contributed by atoms with E-state index in [4.69, 9.17) is 16.5 Å². The number of sulfone groups is 1. The minimum atomic E-state index is -3.36. The highest BCUT2D eigenvalue weighted by Crippen LogP contribution is 2.31. The summed E-state index contributed by atoms with van der Waals surface area (Å²) >= 11 is 0. The van der Waals surface area contributed by atoms with Gasteiger partial charge >= 0.3 is 0 Å². The Hall–Kier alpha value is -3.17. The zero-order chi connectivity index (χ0) is 22.0. The molecule has 0 fully saturated rings. The zero-order valence-corrected chi connectivity index (χ0v) is 17.9. The second-order valence-corrected chi connectivity index (χ2v) is 9.62. The predicted octanol–water partition coefficient (Wildman–Crippen LogP) is 1.89. The lowest BCUT2D eigenvalue weighted by atomic mass is 10.1. The number of rotatable bonds is 6. The first-order chi connectivity index (χ1) is 14.9. The molecule has 0 aliphatic carbocycles. The molecule has 5 N–H and O–H groups in total. The van der Waals surface area contributed by atoms with Gasteiger partial charge < -0.3 is 21.7 Å². The molecule has 162 valence electrons. The number of fused-ring (bicyclic) bond motifs is 2. The summed E-state index contributed by atoms with van der Waals surface area (Å²) in [6, 6.07) is 14.1. The normalized spacial score (nSPS) is 15.3. The van der Waals surface area contributed by atoms with Gasteiger partial charge in [0, 0.05) is 42.3 Å². The monoisotopic (exact) mass is 439 g/mol. The average molecular weight is 440 g/mol. The van der Waals surface area contributed by atoms with Crippen LogP contribution in [0.5, 0.6) is 0 Å². The molecular weight excluding hydrogens is 414 g/mol. The van der Waals surface area contributed by atoms with Crippen LogP contribution in [0.25, 0.3) is 10.9 Å². The molecule has 0 radical (unpaired) electrons. The minimum Gasteiger partial charge on any atom is -0.384 e. The number of carbonyl (C=O) groups is 1. The molecule has 3 aromatic rings. The maximum Gasteiger partial charge on any atom is 0.248 e. The van der Waals surface area contributed by atoms with Gasteiger partial charge in [-0.15, -0.1) is 0 Å². The summed E-state index contributed by atoms with van der Waals surface area (Å²) < 4.78 is 25.4. The molecule has 9 heteroatoms. The van der Waals surface area contributed by atoms with Gasteiger partial charge in [0.15, 0.2) is 9.84 Å². The highest BCUT2D eigenvalue weighted by Gasteiger charge is 2.26. The third-order valence-electron chi connectivity index (χ3n) is 5.40. The molecule has 2 heterocycles. The van der Waals surface area contributed by atoms with Crippen LogP contribution >= 0.6 is 0 Å². The van der Waals surface area contributed by atoms with Crippen LogP contribution in [0, 0.1) is 0 Å². The molecule has 4 rings (SSSR count). The van der Waals surface area contributed by atoms with Crippen LogP contribution in [0.3, 0.4) is 0 Å². The number of anilines is 2. The zero-order valence-electron chi connectivity index (χ0n) is 17.0. The number of primary amides is 1. The number of hydrogen-bond donors (Lipinski definition) is 3. The summed E-state index contributed by atoms with van der Waals surface area (Å²) in [7, 11) is -3.36. The van der Waals surface area contributed by atoms with Gasteiger partial charge in [-0.25, -0.2) is 13.4 Å². The minimum absolute atomic E-state index is 0.0142. The molecule has 31 heavy (non-hydrogen) atoms. The molecule has 1 aliphatic rings. The van der Waals surface area contributed by atoms with Crippen LogP contribution < -0.4 is 21.7 Å². The molecule has 8 nitrogen and oxygen atoms in total. The number of benzene rings is 2. The van der Waals surface area contributed by atoms with Gasteiger partial charge in [0.25, 0.3) is 0 Å². The third kappa shape index (κ3) is 4.33. The highest BCUT2D eigenvalue weighted by molar-refractivity contribution is 7.91. The van der Waals surface area contributed by atoms with E-state index in [0.717, 1.165) is 23.1 Å². The number of pyridine rings is 1. The molecular formula is C22H25N5O3S. The first kappa shape index (κ1) is 21.1. The number of nitrogens with one attached hydrogen (secondary N) is 1. The van der Waals surface area contributed by atoms with E-state index in [1.165, 1.54) is 0 Å². The van der Waals surface area contributed by atoms with Gasteiger partial charge in [-0.1, -0.05) is 18.2 Å². The van der Waals surface area contributed by atoms with Gasteiger partial charge in [0.05, 0.1) is 16.2 Å². The molecule has 0 bridgehead atoms. The summed E-state index contributed by atoms with van der Waals surface area (Å²) in [5, 5.41) is 4.15. The molecule has 0 atom stereocenters. The number of amides is 1. The lowest BCUT2D eigenvalue weighted by Gasteiger charge is -2.23. The van der Waals surface area contributed by atoms with Crippen molar-refractivity contribution < 1.29 is 13.2 Å². The van der Waals surface area contributed by atoms with Crippen molar-refractivity contribution in [2.75, 3.05) is 35.6 Å². The Morgan fingerprint density at radius 1 is 1.16 bits per heavy atom. The van der Waals surface area contributed by atoms with Crippen LogP contribution in [0.2, 0.25) is 0 Å². The van der Waals surface area contributed by atoms with Crippen molar-refractivity contribution >= 4 is 38.2 Å². The van der Waals surface area contributed by atoms with Crippen molar-refractivity contribution in [3.63, 3.8) is 0 Å². The van der Waals surface area contributed by atoms with Gasteiger partial charge in [-0.05, 0) is 42.8 Å². The van der Waals surface area contributed by atoms with Crippen molar-refractivity contribution in [3.8, 4) is 0 Å². The van der Waals surface area contributed by atoms with Crippen molar-refractivity contribution in [2.45, 2.75) is 17.9 Å². The maximum atomic E-state index is 12.7. The summed E-state index contributed by atoms with van der Waals surface area (Å²) in [4.78, 5) is 18.8. The first-order valence-electron chi connectivity index (χ1n) is 10.1. The van der Waals surface area contributed by atoms with Gasteiger partial charge in [-0.3, -0.25) is 4.79 Å². The van der Waals surface area contributed by atoms with Gasteiger partial charge in [0.2, 0.25) is 5.91 Å². The molecule has 0 saturated carbocycles. The van der Waals surface area contributed by atoms with Crippen molar-refractivity contribution in [3.05, 3.63) is 59.7 Å². The third-order valence-corrected chi connectivity index (χ3v) is 7.19. The second kappa shape index (κ2) is 8.52. The quantitative estimate of drug-likeness (QED) is 0.500. The highest BCUT2D eigenvalue weighted by atomic mass is 32.2. The summed E-state index contributed by atoms with van der Waals surface area (Å²) in [5.41, 5.74) is 13.7. The van der Waals surface area contributed by atoms with E-state index >= 15 is 0 Å². The van der Waals surface area contributed by atoms with E-state index in [1.807, 2.05) is 23.1 Å². The number of carbonyl (C=O) groups excluding carboxylic acids is 1. The van der Waals surface area contributed by atoms with Crippen LogP contribution in [0.4, 0.5) is 11.5 Å². The number of hydrogen-bond acceptors (Lipinski definition) is 7. The number of aromatic nitrogens is 1. The Kier molecular flexibility index (Phi) is 5.79. The van der Waals surface area contributed by atoms with E-state index in [1.54, 1.807) is 30.3 Å². The molecule has 1 aliphatic heterocycles. The van der Waals surface area contributed by atoms with Gasteiger partial charge in [-0.2, -0.15) is 0 Å². The summed E-state index contributed by atoms with van der Waals surface area (Å²) in [6.07, 6.45) is 0.782. The smallest absolute Gasteiger partial charge is 0.248 e. The van der Waals surface area contributed by atoms with Crippen LogP contribution in [-0.2, 0) is 16.4 Å². The van der Waals surface area contributed by atoms with E-state index in [2.05, 4.69) is 5.32 Å². The first-order valence-corrected chi connectivity index (χ1v) is 11.8. The van der Waals surface area contributed by atoms with Crippen LogP contribution in [0.1, 0.15) is 22.3 Å². The molecule has 0 spiro atoms. The van der Waals surface area contributed by atoms with E-state index < -0.39 is 15.7 Å². The largest absolute Gasteiger partial charge is 0.384 e. The van der Waals surface area contributed by atoms with E-state index in [0.29, 0.717) is 48.0 Å². The maximum absolute atomic E-state index is 12.7. The topological polar surface area (TPSA) is 131 Å². The van der Waals surface area contributed by atoms with E-state index in [9.17, 15) is 13.2 Å². The SMILES string of the molecule is NCCCNc1cc(N2CCS(=O)(=O)c3ccccc3C2)nc2ccc(C(N)=O)cc12. The average Bonchev–Trinajstić information content (AvgIpc) is 2.89. The van der Waals surface area contributed by atoms with Crippen LogP contribution in [-0.4, -0.2) is 44.7 Å². The predicted molar refractivity (Wildman–Crippen MR) is 122 cm³/mol. The Morgan fingerprint density at radius 2 is 1.97 bits per heavy atom. The fraction of sp³-hybridized carbons (Fsp3) is 0.273. The fourth-order valence-corrected chi connectivity index (χ4v) is 5.26. The van der Waals surface area contributed by atoms with Gasteiger partial charge in [0.1, 0.15) is 5.82 Å². The Balaban J connectivity index is 1.78. The molecule has 0 saturated heterocycles. The molecule has 2 aromatic carbocycles. The molecule has 1 amide bonds. The Bertz CT molecular complexity index is 1240. The summed E-state index contributed by atoms with van der Waals surface area (Å²) in [6.45, 7) is 1.98. The molecule has 1 aromatic heterocycles. The number of nitrogens with zero attached hydrogens (tertiary/aromatic N) is 2. The lowest BCUT2D eigenvalue weighted by molar-refractivity contribution is 0.100.